The van der Waals surface area contributed by atoms with Crippen molar-refractivity contribution in [3.8, 4) is 0 Å². The van der Waals surface area contributed by atoms with Crippen LogP contribution in [0.1, 0.15) is 0 Å². The molecule has 0 aromatic carbocycles. The summed E-state index contributed by atoms with van der Waals surface area (Å²) in [5.74, 6) is -0.614. The second kappa shape index (κ2) is 5.76. The van der Waals surface area contributed by atoms with Gasteiger partial charge in [-0.15, -0.1) is 0 Å². The summed E-state index contributed by atoms with van der Waals surface area (Å²) in [5.41, 5.74) is 0.988. The Kier molecular flexibility index (Phi) is 4.82. The summed E-state index contributed by atoms with van der Waals surface area (Å²) in [7, 11) is -3.93. The lowest BCUT2D eigenvalue weighted by atomic mass is 10.5. The summed E-state index contributed by atoms with van der Waals surface area (Å²) in [6.07, 6.45) is 1.31. The van der Waals surface area contributed by atoms with Gasteiger partial charge in [-0.1, -0.05) is 0 Å². The van der Waals surface area contributed by atoms with Gasteiger partial charge in [0, 0.05) is 18.5 Å². The third-order valence-corrected chi connectivity index (χ3v) is 3.99. The Balaban J connectivity index is 2.59. The Morgan fingerprint density at radius 1 is 1.44 bits per heavy atom. The smallest absolute Gasteiger partial charge is 0.383 e. The highest BCUT2D eigenvalue weighted by molar-refractivity contribution is 8.00. The van der Waals surface area contributed by atoms with E-state index in [4.69, 9.17) is 5.73 Å². The van der Waals surface area contributed by atoms with Crippen LogP contribution in [-0.2, 0) is 10.0 Å². The Morgan fingerprint density at radius 2 is 2.11 bits per heavy atom. The average molecular weight is 301 g/mol. The fraction of sp³-hybridized carbons (Fsp3) is 0.375. The number of aromatic nitrogens is 1. The molecule has 1 heterocycles. The normalized spacial score (nSPS) is 12.6. The van der Waals surface area contributed by atoms with E-state index >= 15 is 0 Å². The predicted molar refractivity (Wildman–Crippen MR) is 62.4 cm³/mol. The Labute approximate surface area is 106 Å². The van der Waals surface area contributed by atoms with Crippen molar-refractivity contribution < 1.29 is 21.6 Å². The lowest BCUT2D eigenvalue weighted by molar-refractivity contribution is -0.0327. The number of hydrogen-bond acceptors (Lipinski definition) is 5. The fourth-order valence-corrected chi connectivity index (χ4v) is 2.73. The van der Waals surface area contributed by atoms with Gasteiger partial charge in [-0.3, -0.25) is 0 Å². The summed E-state index contributed by atoms with van der Waals surface area (Å²) >= 11 is -0.300. The molecule has 1 aromatic rings. The molecule has 10 heteroatoms. The van der Waals surface area contributed by atoms with Crippen LogP contribution in [0.3, 0.4) is 0 Å². The second-order valence-electron chi connectivity index (χ2n) is 3.08. The number of sulfonamides is 1. The van der Waals surface area contributed by atoms with Gasteiger partial charge in [0.2, 0.25) is 10.0 Å². The maximum Gasteiger partial charge on any atom is 0.441 e. The zero-order valence-electron chi connectivity index (χ0n) is 8.94. The molecule has 0 spiro atoms. The number of nitrogen functional groups attached to an aromatic ring is 1. The van der Waals surface area contributed by atoms with Crippen molar-refractivity contribution in [1.29, 1.82) is 0 Å². The van der Waals surface area contributed by atoms with E-state index in [1.807, 2.05) is 4.72 Å². The van der Waals surface area contributed by atoms with E-state index in [9.17, 15) is 21.6 Å². The van der Waals surface area contributed by atoms with Gasteiger partial charge in [0.25, 0.3) is 0 Å². The van der Waals surface area contributed by atoms with E-state index in [1.165, 1.54) is 18.3 Å². The topological polar surface area (TPSA) is 85.1 Å². The number of nitrogens with two attached hydrogens (primary N) is 1. The summed E-state index contributed by atoms with van der Waals surface area (Å²) in [6, 6.07) is 2.59. The first-order valence-electron chi connectivity index (χ1n) is 4.63. The largest absolute Gasteiger partial charge is 0.441 e. The minimum absolute atomic E-state index is 0.200. The summed E-state index contributed by atoms with van der Waals surface area (Å²) in [5, 5.41) is 0. The van der Waals surface area contributed by atoms with E-state index in [2.05, 4.69) is 4.98 Å². The molecule has 0 fully saturated rings. The van der Waals surface area contributed by atoms with Crippen molar-refractivity contribution in [2.75, 3.05) is 18.0 Å². The van der Waals surface area contributed by atoms with Gasteiger partial charge in [0.05, 0.1) is 0 Å². The molecular formula is C8H10F3N3O2S2. The van der Waals surface area contributed by atoms with Crippen LogP contribution in [0.4, 0.5) is 19.0 Å². The Bertz CT molecular complexity index is 505. The molecular weight excluding hydrogens is 291 g/mol. The molecule has 1 aromatic heterocycles. The van der Waals surface area contributed by atoms with Gasteiger partial charge < -0.3 is 5.73 Å². The number of thioether (sulfide) groups is 1. The van der Waals surface area contributed by atoms with Crippen molar-refractivity contribution in [2.24, 2.45) is 0 Å². The zero-order chi connectivity index (χ0) is 13.8. The first-order chi connectivity index (χ1) is 8.22. The highest BCUT2D eigenvalue weighted by atomic mass is 32.2. The van der Waals surface area contributed by atoms with Gasteiger partial charge in [-0.05, 0) is 23.9 Å². The molecule has 0 aliphatic rings. The van der Waals surface area contributed by atoms with Crippen LogP contribution in [0.2, 0.25) is 0 Å². The molecule has 102 valence electrons. The number of pyridine rings is 1. The van der Waals surface area contributed by atoms with Gasteiger partial charge in [-0.25, -0.2) is 18.1 Å². The number of anilines is 1. The average Bonchev–Trinajstić information content (AvgIpc) is 2.24. The molecule has 0 atom stereocenters. The Morgan fingerprint density at radius 3 is 2.67 bits per heavy atom. The Hall–Kier alpha value is -1.00. The third kappa shape index (κ3) is 4.70. The van der Waals surface area contributed by atoms with E-state index in [-0.39, 0.29) is 29.0 Å². The van der Waals surface area contributed by atoms with Crippen LogP contribution >= 0.6 is 11.8 Å². The van der Waals surface area contributed by atoms with Gasteiger partial charge in [0.1, 0.15) is 10.7 Å². The van der Waals surface area contributed by atoms with Crippen molar-refractivity contribution in [3.63, 3.8) is 0 Å². The zero-order valence-corrected chi connectivity index (χ0v) is 10.6. The summed E-state index contributed by atoms with van der Waals surface area (Å²) in [6.45, 7) is -0.346. The number of halogens is 3. The molecule has 18 heavy (non-hydrogen) atoms. The van der Waals surface area contributed by atoms with Crippen molar-refractivity contribution in [1.82, 2.24) is 9.71 Å². The SMILES string of the molecule is Nc1ncccc1S(=O)(=O)NCCSC(F)(F)F. The molecule has 0 bridgehead atoms. The fourth-order valence-electron chi connectivity index (χ4n) is 1.05. The van der Waals surface area contributed by atoms with Crippen molar-refractivity contribution in [2.45, 2.75) is 10.4 Å². The lowest BCUT2D eigenvalue weighted by Gasteiger charge is -2.09. The second-order valence-corrected chi connectivity index (χ2v) is 5.97. The third-order valence-electron chi connectivity index (χ3n) is 1.75. The van der Waals surface area contributed by atoms with Crippen LogP contribution in [-0.4, -0.2) is 31.2 Å². The number of nitrogens with one attached hydrogen (secondary N) is 1. The summed E-state index contributed by atoms with van der Waals surface area (Å²) in [4.78, 5) is 3.34. The quantitative estimate of drug-likeness (QED) is 0.798. The summed E-state index contributed by atoms with van der Waals surface area (Å²) < 4.78 is 60.8. The van der Waals surface area contributed by atoms with E-state index in [0.717, 1.165) is 0 Å². The first-order valence-corrected chi connectivity index (χ1v) is 7.10. The monoisotopic (exact) mass is 301 g/mol. The molecule has 0 amide bonds. The van der Waals surface area contributed by atoms with Crippen molar-refractivity contribution in [3.05, 3.63) is 18.3 Å². The van der Waals surface area contributed by atoms with Crippen LogP contribution in [0, 0.1) is 0 Å². The highest BCUT2D eigenvalue weighted by Gasteiger charge is 2.28. The molecule has 0 aliphatic heterocycles. The predicted octanol–water partition coefficient (Wildman–Crippen LogP) is 1.20. The molecule has 3 N–H and O–H groups in total. The van der Waals surface area contributed by atoms with Crippen LogP contribution < -0.4 is 10.5 Å². The van der Waals surface area contributed by atoms with Gasteiger partial charge in [-0.2, -0.15) is 13.2 Å². The maximum absolute atomic E-state index is 11.8. The molecule has 0 unspecified atom stereocenters. The minimum atomic E-state index is -4.38. The lowest BCUT2D eigenvalue weighted by Crippen LogP contribution is -2.27. The van der Waals surface area contributed by atoms with E-state index in [0.29, 0.717) is 0 Å². The van der Waals surface area contributed by atoms with Crippen LogP contribution in [0.5, 0.6) is 0 Å². The molecule has 0 saturated carbocycles. The molecule has 1 rings (SSSR count). The van der Waals surface area contributed by atoms with E-state index < -0.39 is 21.3 Å². The number of alkyl halides is 3. The minimum Gasteiger partial charge on any atom is -0.383 e. The molecule has 0 saturated heterocycles. The number of rotatable bonds is 5. The number of hydrogen-bond donors (Lipinski definition) is 2. The highest BCUT2D eigenvalue weighted by Crippen LogP contribution is 2.29. The van der Waals surface area contributed by atoms with Gasteiger partial charge >= 0.3 is 5.51 Å². The number of nitrogens with zero attached hydrogens (tertiary/aromatic N) is 1. The van der Waals surface area contributed by atoms with E-state index in [1.54, 1.807) is 0 Å². The van der Waals surface area contributed by atoms with Crippen LogP contribution in [0.25, 0.3) is 0 Å². The maximum atomic E-state index is 11.8. The van der Waals surface area contributed by atoms with Crippen LogP contribution in [0.15, 0.2) is 23.2 Å². The first kappa shape index (κ1) is 15.1. The van der Waals surface area contributed by atoms with Gasteiger partial charge in [0.15, 0.2) is 0 Å². The molecule has 5 nitrogen and oxygen atoms in total. The standard InChI is InChI=1S/C8H10F3N3O2S2/c9-8(10,11)17-5-4-14-18(15,16)6-2-1-3-13-7(6)12/h1-3,14H,4-5H2,(H2,12,13). The molecule has 0 aliphatic carbocycles. The van der Waals surface area contributed by atoms with Crippen molar-refractivity contribution >= 4 is 27.6 Å². The molecule has 0 radical (unpaired) electrons.